The lowest BCUT2D eigenvalue weighted by atomic mass is 10.1. The van der Waals surface area contributed by atoms with E-state index in [1.165, 1.54) is 6.08 Å². The van der Waals surface area contributed by atoms with Crippen molar-refractivity contribution in [3.05, 3.63) is 89.6 Å². The molecule has 5 heteroatoms. The molecule has 0 saturated heterocycles. The Balaban J connectivity index is 1.75. The van der Waals surface area contributed by atoms with E-state index in [1.807, 2.05) is 60.7 Å². The lowest BCUT2D eigenvalue weighted by Gasteiger charge is -2.04. The fourth-order valence-electron chi connectivity index (χ4n) is 2.51. The summed E-state index contributed by atoms with van der Waals surface area (Å²) in [5.41, 5.74) is 5.76. The smallest absolute Gasteiger partial charge is 0.267 e. The van der Waals surface area contributed by atoms with E-state index >= 15 is 0 Å². The van der Waals surface area contributed by atoms with Gasteiger partial charge in [0, 0.05) is 17.8 Å². The van der Waals surface area contributed by atoms with Gasteiger partial charge < -0.3 is 5.11 Å². The molecule has 0 unspecified atom stereocenters. The van der Waals surface area contributed by atoms with Gasteiger partial charge in [0.1, 0.15) is 5.75 Å². The molecular weight excluding hydrogens is 340 g/mol. The number of benzene rings is 2. The Labute approximate surface area is 156 Å². The number of carbonyl (C=O) groups is 1. The van der Waals surface area contributed by atoms with Gasteiger partial charge in [-0.2, -0.15) is 0 Å². The number of aromatic hydroxyl groups is 1. The number of nitrogens with zero attached hydrogens (tertiary/aromatic N) is 1. The lowest BCUT2D eigenvalue weighted by molar-refractivity contribution is -0.124. The largest absolute Gasteiger partial charge is 0.507 e. The van der Waals surface area contributed by atoms with Gasteiger partial charge in [-0.05, 0) is 47.0 Å². The second-order valence-corrected chi connectivity index (χ2v) is 5.80. The molecule has 3 aromatic rings. The zero-order valence-corrected chi connectivity index (χ0v) is 14.4. The number of rotatable bonds is 5. The van der Waals surface area contributed by atoms with E-state index in [4.69, 9.17) is 5.21 Å². The number of hydrogen-bond donors (Lipinski definition) is 3. The zero-order valence-electron chi connectivity index (χ0n) is 14.4. The molecule has 27 heavy (non-hydrogen) atoms. The van der Waals surface area contributed by atoms with Crippen LogP contribution in [-0.2, 0) is 4.79 Å². The summed E-state index contributed by atoms with van der Waals surface area (Å²) >= 11 is 0. The standard InChI is InChI=1S/C22H18N2O3/c25-21-4-2-1-3-19(21)20-15-18(13-14-23-20)10-9-16-5-7-17(8-6-16)11-12-22(26)24-27/h1-15,25,27H,(H,24,26)/b10-9+,12-11+. The number of pyridine rings is 1. The number of para-hydroxylation sites is 1. The molecule has 0 atom stereocenters. The van der Waals surface area contributed by atoms with Crippen LogP contribution in [0.3, 0.4) is 0 Å². The minimum Gasteiger partial charge on any atom is -0.507 e. The number of phenols is 1. The molecule has 3 N–H and O–H groups in total. The number of carbonyl (C=O) groups excluding carboxylic acids is 1. The third-order valence-corrected chi connectivity index (χ3v) is 3.91. The van der Waals surface area contributed by atoms with Gasteiger partial charge in [-0.1, -0.05) is 48.6 Å². The number of hydroxylamine groups is 1. The molecule has 1 heterocycles. The van der Waals surface area contributed by atoms with Crippen LogP contribution in [0.5, 0.6) is 5.75 Å². The van der Waals surface area contributed by atoms with E-state index in [1.54, 1.807) is 29.9 Å². The molecule has 1 amide bonds. The van der Waals surface area contributed by atoms with Gasteiger partial charge >= 0.3 is 0 Å². The van der Waals surface area contributed by atoms with Crippen LogP contribution in [0.25, 0.3) is 29.5 Å². The van der Waals surface area contributed by atoms with Gasteiger partial charge in [-0.25, -0.2) is 5.48 Å². The monoisotopic (exact) mass is 358 g/mol. The first-order chi connectivity index (χ1) is 13.2. The van der Waals surface area contributed by atoms with Crippen molar-refractivity contribution in [2.75, 3.05) is 0 Å². The minimum absolute atomic E-state index is 0.199. The van der Waals surface area contributed by atoms with Crippen molar-refractivity contribution in [2.24, 2.45) is 0 Å². The summed E-state index contributed by atoms with van der Waals surface area (Å²) < 4.78 is 0. The first-order valence-electron chi connectivity index (χ1n) is 8.30. The summed E-state index contributed by atoms with van der Waals surface area (Å²) in [7, 11) is 0. The molecule has 134 valence electrons. The van der Waals surface area contributed by atoms with E-state index < -0.39 is 5.91 Å². The third-order valence-electron chi connectivity index (χ3n) is 3.91. The van der Waals surface area contributed by atoms with Crippen molar-refractivity contribution in [1.29, 1.82) is 0 Å². The summed E-state index contributed by atoms with van der Waals surface area (Å²) in [6, 6.07) is 18.5. The van der Waals surface area contributed by atoms with Crippen LogP contribution in [0, 0.1) is 0 Å². The second kappa shape index (κ2) is 8.60. The van der Waals surface area contributed by atoms with Crippen molar-refractivity contribution in [1.82, 2.24) is 10.5 Å². The predicted molar refractivity (Wildman–Crippen MR) is 106 cm³/mol. The van der Waals surface area contributed by atoms with Crippen LogP contribution in [0.2, 0.25) is 0 Å². The number of phenolic OH excluding ortho intramolecular Hbond substituents is 1. The first kappa shape index (κ1) is 18.1. The topological polar surface area (TPSA) is 82.5 Å². The molecule has 1 aromatic heterocycles. The summed E-state index contributed by atoms with van der Waals surface area (Å²) in [5.74, 6) is -0.374. The second-order valence-electron chi connectivity index (χ2n) is 5.80. The first-order valence-corrected chi connectivity index (χ1v) is 8.30. The molecule has 3 rings (SSSR count). The molecule has 0 bridgehead atoms. The Bertz CT molecular complexity index is 992. The number of aromatic nitrogens is 1. The van der Waals surface area contributed by atoms with E-state index in [-0.39, 0.29) is 5.75 Å². The fraction of sp³-hybridized carbons (Fsp3) is 0. The van der Waals surface area contributed by atoms with Gasteiger partial charge in [0.05, 0.1) is 5.69 Å². The van der Waals surface area contributed by atoms with Gasteiger partial charge in [-0.3, -0.25) is 15.0 Å². The highest BCUT2D eigenvalue weighted by Crippen LogP contribution is 2.27. The van der Waals surface area contributed by atoms with Crippen molar-refractivity contribution in [3.8, 4) is 17.0 Å². The lowest BCUT2D eigenvalue weighted by Crippen LogP contribution is -2.14. The van der Waals surface area contributed by atoms with E-state index in [0.717, 1.165) is 16.7 Å². The number of amides is 1. The Kier molecular flexibility index (Phi) is 5.77. The van der Waals surface area contributed by atoms with E-state index in [0.29, 0.717) is 11.3 Å². The maximum Gasteiger partial charge on any atom is 0.267 e. The third kappa shape index (κ3) is 4.90. The molecule has 0 spiro atoms. The van der Waals surface area contributed by atoms with Crippen LogP contribution in [0.1, 0.15) is 16.7 Å². The van der Waals surface area contributed by atoms with Crippen LogP contribution in [-0.4, -0.2) is 21.2 Å². The minimum atomic E-state index is -0.572. The highest BCUT2D eigenvalue weighted by Gasteiger charge is 2.04. The van der Waals surface area contributed by atoms with Crippen molar-refractivity contribution < 1.29 is 15.1 Å². The molecule has 2 aromatic carbocycles. The highest BCUT2D eigenvalue weighted by atomic mass is 16.5. The van der Waals surface area contributed by atoms with Crippen LogP contribution in [0.4, 0.5) is 0 Å². The van der Waals surface area contributed by atoms with Gasteiger partial charge in [0.2, 0.25) is 0 Å². The Morgan fingerprint density at radius 1 is 0.889 bits per heavy atom. The van der Waals surface area contributed by atoms with Crippen LogP contribution in [0.15, 0.2) is 72.9 Å². The molecule has 0 radical (unpaired) electrons. The van der Waals surface area contributed by atoms with Gasteiger partial charge in [-0.15, -0.1) is 0 Å². The molecule has 0 aliphatic heterocycles. The van der Waals surface area contributed by atoms with Crippen molar-refractivity contribution >= 4 is 24.1 Å². The Morgan fingerprint density at radius 3 is 2.26 bits per heavy atom. The number of hydrogen-bond acceptors (Lipinski definition) is 4. The molecule has 0 saturated carbocycles. The van der Waals surface area contributed by atoms with E-state index in [9.17, 15) is 9.90 Å². The molecule has 5 nitrogen and oxygen atoms in total. The molecular formula is C22H18N2O3. The SMILES string of the molecule is O=C(/C=C/c1ccc(/C=C/c2ccnc(-c3ccccc3O)c2)cc1)NO. The maximum absolute atomic E-state index is 11.0. The fourth-order valence-corrected chi connectivity index (χ4v) is 2.51. The summed E-state index contributed by atoms with van der Waals surface area (Å²) in [5, 5.41) is 18.4. The van der Waals surface area contributed by atoms with Crippen molar-refractivity contribution in [3.63, 3.8) is 0 Å². The van der Waals surface area contributed by atoms with Crippen LogP contribution < -0.4 is 5.48 Å². The van der Waals surface area contributed by atoms with E-state index in [2.05, 4.69) is 4.98 Å². The summed E-state index contributed by atoms with van der Waals surface area (Å²) in [6.07, 6.45) is 8.51. The normalized spacial score (nSPS) is 11.1. The average molecular weight is 358 g/mol. The maximum atomic E-state index is 11.0. The van der Waals surface area contributed by atoms with Gasteiger partial charge in [0.25, 0.3) is 5.91 Å². The average Bonchev–Trinajstić information content (AvgIpc) is 2.71. The predicted octanol–water partition coefficient (Wildman–Crippen LogP) is 4.14. The summed E-state index contributed by atoms with van der Waals surface area (Å²) in [6.45, 7) is 0. The Hall–Kier alpha value is -3.70. The molecule has 0 aliphatic carbocycles. The zero-order chi connectivity index (χ0) is 19.1. The molecule has 0 aliphatic rings. The highest BCUT2D eigenvalue weighted by molar-refractivity contribution is 5.90. The van der Waals surface area contributed by atoms with Crippen molar-refractivity contribution in [2.45, 2.75) is 0 Å². The van der Waals surface area contributed by atoms with Gasteiger partial charge in [0.15, 0.2) is 0 Å². The molecule has 0 fully saturated rings. The van der Waals surface area contributed by atoms with Crippen LogP contribution >= 0.6 is 0 Å². The quantitative estimate of drug-likeness (QED) is 0.364. The number of nitrogens with one attached hydrogen (secondary N) is 1. The Morgan fingerprint density at radius 2 is 1.56 bits per heavy atom. The summed E-state index contributed by atoms with van der Waals surface area (Å²) in [4.78, 5) is 15.3.